The first-order chi connectivity index (χ1) is 16.8. The Morgan fingerprint density at radius 1 is 1.03 bits per heavy atom. The summed E-state index contributed by atoms with van der Waals surface area (Å²) in [6, 6.07) is 0. The largest absolute Gasteiger partial charge is 0.389 e. The molecule has 4 aliphatic carbocycles. The molecule has 6 nitrogen and oxygen atoms in total. The number of carbonyl (C=O) groups excluding carboxylic acids is 3. The van der Waals surface area contributed by atoms with E-state index in [4.69, 9.17) is 4.74 Å². The summed E-state index contributed by atoms with van der Waals surface area (Å²) in [5.41, 5.74) is 0.991. The lowest BCUT2D eigenvalue weighted by atomic mass is 9.43. The molecule has 0 amide bonds. The van der Waals surface area contributed by atoms with Crippen molar-refractivity contribution in [3.8, 4) is 0 Å². The second-order valence-corrected chi connectivity index (χ2v) is 12.8. The molecule has 196 valence electrons. The SMILES string of the molecule is CC1=C2C(=O)C3C(=O)C4(O)C(=O)C(C(C)O)=C(C)CC4(C)CC3(C)CC2=C(CC2CCOCC2)CC1. The fraction of sp³-hybridized carbons (Fsp3) is 0.700. The lowest BCUT2D eigenvalue weighted by molar-refractivity contribution is -0.187. The van der Waals surface area contributed by atoms with Crippen molar-refractivity contribution in [2.24, 2.45) is 22.7 Å². The summed E-state index contributed by atoms with van der Waals surface area (Å²) in [6.07, 6.45) is 5.06. The Morgan fingerprint density at radius 3 is 2.33 bits per heavy atom. The molecule has 2 N–H and O–H groups in total. The standard InChI is InChI=1S/C30H40O6/c1-16-6-7-20(12-19-8-10-36-11-9-19)21-14-28(4)15-29(5)13-17(2)22(18(3)31)26(33)30(29,35)27(34)24(28)25(32)23(16)21/h18-19,24,31,35H,6-15H2,1-5H3. The van der Waals surface area contributed by atoms with Gasteiger partial charge >= 0.3 is 0 Å². The van der Waals surface area contributed by atoms with Gasteiger partial charge in [0.25, 0.3) is 0 Å². The van der Waals surface area contributed by atoms with Crippen LogP contribution in [-0.4, -0.2) is 52.5 Å². The van der Waals surface area contributed by atoms with Gasteiger partial charge in [-0.15, -0.1) is 0 Å². The Balaban J connectivity index is 1.60. The zero-order valence-electron chi connectivity index (χ0n) is 22.3. The van der Waals surface area contributed by atoms with Crippen molar-refractivity contribution in [2.45, 2.75) is 97.7 Å². The van der Waals surface area contributed by atoms with Gasteiger partial charge in [0.2, 0.25) is 5.78 Å². The molecule has 36 heavy (non-hydrogen) atoms. The number of ketones is 3. The van der Waals surface area contributed by atoms with Crippen molar-refractivity contribution in [1.29, 1.82) is 0 Å². The van der Waals surface area contributed by atoms with E-state index < -0.39 is 40.0 Å². The zero-order valence-corrected chi connectivity index (χ0v) is 22.3. The Kier molecular flexibility index (Phi) is 6.13. The van der Waals surface area contributed by atoms with Crippen LogP contribution in [0.4, 0.5) is 0 Å². The minimum Gasteiger partial charge on any atom is -0.389 e. The van der Waals surface area contributed by atoms with Crippen LogP contribution in [0.3, 0.4) is 0 Å². The molecule has 2 saturated carbocycles. The number of Topliss-reactive ketones (excluding diaryl/α,β-unsaturated/α-hetero) is 3. The lowest BCUT2D eigenvalue weighted by Gasteiger charge is -2.59. The number of hydrogen-bond donors (Lipinski definition) is 2. The summed E-state index contributed by atoms with van der Waals surface area (Å²) in [5.74, 6) is -2.11. The third kappa shape index (κ3) is 3.51. The van der Waals surface area contributed by atoms with Gasteiger partial charge < -0.3 is 14.9 Å². The normalized spacial score (nSPS) is 38.8. The number of carbonyl (C=O) groups is 3. The number of aliphatic hydroxyl groups excluding tert-OH is 1. The first-order valence-electron chi connectivity index (χ1n) is 13.6. The van der Waals surface area contributed by atoms with Crippen LogP contribution in [0, 0.1) is 22.7 Å². The molecule has 1 aliphatic heterocycles. The summed E-state index contributed by atoms with van der Waals surface area (Å²) in [4.78, 5) is 41.9. The first kappa shape index (κ1) is 25.7. The second-order valence-electron chi connectivity index (χ2n) is 12.8. The van der Waals surface area contributed by atoms with Gasteiger partial charge in [0, 0.05) is 29.8 Å². The molecule has 1 saturated heterocycles. The van der Waals surface area contributed by atoms with Crippen LogP contribution < -0.4 is 0 Å². The van der Waals surface area contributed by atoms with Gasteiger partial charge in [0.15, 0.2) is 17.2 Å². The zero-order chi connectivity index (χ0) is 26.2. The molecule has 6 heteroatoms. The van der Waals surface area contributed by atoms with Crippen LogP contribution in [0.15, 0.2) is 33.4 Å². The van der Waals surface area contributed by atoms with Gasteiger partial charge in [-0.2, -0.15) is 0 Å². The predicted octanol–water partition coefficient (Wildman–Crippen LogP) is 4.19. The topological polar surface area (TPSA) is 101 Å². The fourth-order valence-electron chi connectivity index (χ4n) is 8.43. The van der Waals surface area contributed by atoms with Crippen LogP contribution in [0.5, 0.6) is 0 Å². The number of ether oxygens (including phenoxy) is 1. The maximum absolute atomic E-state index is 14.2. The minimum atomic E-state index is -2.30. The molecule has 0 aromatic heterocycles. The van der Waals surface area contributed by atoms with Crippen LogP contribution >= 0.6 is 0 Å². The monoisotopic (exact) mass is 496 g/mol. The molecule has 5 aliphatic rings. The molecule has 0 aromatic rings. The van der Waals surface area contributed by atoms with E-state index in [2.05, 4.69) is 0 Å². The third-order valence-corrected chi connectivity index (χ3v) is 10.0. The molecule has 0 radical (unpaired) electrons. The molecule has 0 spiro atoms. The Hall–Kier alpha value is -1.89. The van der Waals surface area contributed by atoms with Crippen molar-refractivity contribution in [3.63, 3.8) is 0 Å². The molecule has 0 aromatic carbocycles. The molecular formula is C30H40O6. The van der Waals surface area contributed by atoms with E-state index in [0.29, 0.717) is 36.3 Å². The van der Waals surface area contributed by atoms with Crippen LogP contribution in [0.25, 0.3) is 0 Å². The van der Waals surface area contributed by atoms with Crippen molar-refractivity contribution in [3.05, 3.63) is 33.4 Å². The minimum absolute atomic E-state index is 0.114. The van der Waals surface area contributed by atoms with Gasteiger partial charge in [-0.25, -0.2) is 0 Å². The van der Waals surface area contributed by atoms with Gasteiger partial charge in [-0.05, 0) is 89.0 Å². The molecule has 5 rings (SSSR count). The number of hydrogen-bond acceptors (Lipinski definition) is 6. The first-order valence-corrected chi connectivity index (χ1v) is 13.6. The highest BCUT2D eigenvalue weighted by Gasteiger charge is 2.71. The summed E-state index contributed by atoms with van der Waals surface area (Å²) >= 11 is 0. The molecule has 3 fully saturated rings. The Bertz CT molecular complexity index is 1130. The van der Waals surface area contributed by atoms with Gasteiger partial charge in [-0.1, -0.05) is 30.6 Å². The van der Waals surface area contributed by atoms with Crippen LogP contribution in [-0.2, 0) is 19.1 Å². The van der Waals surface area contributed by atoms with E-state index in [1.165, 1.54) is 12.5 Å². The summed E-state index contributed by atoms with van der Waals surface area (Å²) in [7, 11) is 0. The van der Waals surface area contributed by atoms with Crippen LogP contribution in [0.2, 0.25) is 0 Å². The van der Waals surface area contributed by atoms with Crippen molar-refractivity contribution < 1.29 is 29.3 Å². The number of fused-ring (bicyclic) bond motifs is 3. The molecular weight excluding hydrogens is 456 g/mol. The second kappa shape index (κ2) is 8.57. The van der Waals surface area contributed by atoms with E-state index in [0.717, 1.165) is 56.5 Å². The van der Waals surface area contributed by atoms with Gasteiger partial charge in [0.05, 0.1) is 12.0 Å². The lowest BCUT2D eigenvalue weighted by Crippen LogP contribution is -2.71. The molecule has 5 atom stereocenters. The smallest absolute Gasteiger partial charge is 0.201 e. The van der Waals surface area contributed by atoms with E-state index in [1.54, 1.807) is 6.92 Å². The highest BCUT2D eigenvalue weighted by Crippen LogP contribution is 2.63. The van der Waals surface area contributed by atoms with E-state index >= 15 is 0 Å². The highest BCUT2D eigenvalue weighted by atomic mass is 16.5. The fourth-order valence-corrected chi connectivity index (χ4v) is 8.43. The predicted molar refractivity (Wildman–Crippen MR) is 135 cm³/mol. The maximum Gasteiger partial charge on any atom is 0.201 e. The van der Waals surface area contributed by atoms with Crippen molar-refractivity contribution >= 4 is 17.3 Å². The van der Waals surface area contributed by atoms with Gasteiger partial charge in [-0.3, -0.25) is 14.4 Å². The van der Waals surface area contributed by atoms with E-state index in [9.17, 15) is 24.6 Å². The summed E-state index contributed by atoms with van der Waals surface area (Å²) < 4.78 is 5.55. The third-order valence-electron chi connectivity index (χ3n) is 10.0. The Labute approximate surface area is 213 Å². The highest BCUT2D eigenvalue weighted by molar-refractivity contribution is 6.27. The average Bonchev–Trinajstić information content (AvgIpc) is 2.78. The van der Waals surface area contributed by atoms with E-state index in [-0.39, 0.29) is 11.4 Å². The molecule has 1 heterocycles. The van der Waals surface area contributed by atoms with Crippen LogP contribution in [0.1, 0.15) is 86.0 Å². The molecule has 5 unspecified atom stereocenters. The van der Waals surface area contributed by atoms with Crippen molar-refractivity contribution in [2.75, 3.05) is 13.2 Å². The Morgan fingerprint density at radius 2 is 1.69 bits per heavy atom. The summed E-state index contributed by atoms with van der Waals surface area (Å²) in [5, 5.41) is 22.2. The number of rotatable bonds is 3. The van der Waals surface area contributed by atoms with Crippen molar-refractivity contribution in [1.82, 2.24) is 0 Å². The van der Waals surface area contributed by atoms with Gasteiger partial charge in [0.1, 0.15) is 0 Å². The molecule has 0 bridgehead atoms. The summed E-state index contributed by atoms with van der Waals surface area (Å²) in [6.45, 7) is 10.7. The average molecular weight is 497 g/mol. The number of aliphatic hydroxyl groups is 2. The maximum atomic E-state index is 14.2. The quantitative estimate of drug-likeness (QED) is 0.569. The number of allylic oxidation sites excluding steroid dienone is 5. The van der Waals surface area contributed by atoms with E-state index in [1.807, 2.05) is 20.8 Å².